The Hall–Kier alpha value is -3.27. The lowest BCUT2D eigenvalue weighted by molar-refractivity contribution is -0.0499. The monoisotopic (exact) mass is 358 g/mol. The second-order valence-corrected chi connectivity index (χ2v) is 5.60. The second-order valence-electron chi connectivity index (χ2n) is 5.60. The van der Waals surface area contributed by atoms with E-state index in [9.17, 15) is 23.6 Å². The van der Waals surface area contributed by atoms with Gasteiger partial charge < -0.3 is 9.72 Å². The number of halogens is 2. The van der Waals surface area contributed by atoms with Crippen LogP contribution in [0.25, 0.3) is 6.08 Å². The summed E-state index contributed by atoms with van der Waals surface area (Å²) in [6.45, 7) is 1.62. The highest BCUT2D eigenvalue weighted by Gasteiger charge is 2.22. The van der Waals surface area contributed by atoms with Crippen LogP contribution in [-0.2, 0) is 0 Å². The van der Waals surface area contributed by atoms with E-state index in [0.717, 1.165) is 0 Å². The summed E-state index contributed by atoms with van der Waals surface area (Å²) in [4.78, 5) is 27.2. The Kier molecular flexibility index (Phi) is 5.68. The molecule has 0 aliphatic heterocycles. The van der Waals surface area contributed by atoms with Gasteiger partial charge in [0.05, 0.1) is 5.69 Å². The first-order chi connectivity index (χ1) is 12.3. The van der Waals surface area contributed by atoms with Crippen molar-refractivity contribution in [2.75, 3.05) is 0 Å². The van der Waals surface area contributed by atoms with E-state index >= 15 is 0 Å². The van der Waals surface area contributed by atoms with E-state index in [4.69, 9.17) is 0 Å². The van der Waals surface area contributed by atoms with Gasteiger partial charge in [0.1, 0.15) is 17.4 Å². The molecule has 1 aromatic heterocycles. The van der Waals surface area contributed by atoms with Gasteiger partial charge in [0.15, 0.2) is 5.78 Å². The number of nitrogens with one attached hydrogen (secondary N) is 1. The van der Waals surface area contributed by atoms with Crippen LogP contribution in [0.2, 0.25) is 0 Å². The molecule has 0 aliphatic rings. The minimum atomic E-state index is -3.03. The van der Waals surface area contributed by atoms with Gasteiger partial charge in [-0.25, -0.2) is 0 Å². The van der Waals surface area contributed by atoms with Gasteiger partial charge in [-0.05, 0) is 38.5 Å². The van der Waals surface area contributed by atoms with E-state index in [-0.39, 0.29) is 28.4 Å². The van der Waals surface area contributed by atoms with E-state index in [2.05, 4.69) is 9.72 Å². The van der Waals surface area contributed by atoms with Gasteiger partial charge in [-0.1, -0.05) is 18.2 Å². The Balaban J connectivity index is 2.49. The smallest absolute Gasteiger partial charge is 0.387 e. The number of para-hydroxylation sites is 1. The summed E-state index contributed by atoms with van der Waals surface area (Å²) in [6.07, 6.45) is 1.18. The predicted molar refractivity (Wildman–Crippen MR) is 91.3 cm³/mol. The van der Waals surface area contributed by atoms with Crippen LogP contribution in [0.5, 0.6) is 5.75 Å². The molecule has 134 valence electrons. The fourth-order valence-corrected chi connectivity index (χ4v) is 2.75. The number of H-pyrrole nitrogens is 1. The summed E-state index contributed by atoms with van der Waals surface area (Å²) in [5.41, 5.74) is 1.38. The number of nitriles is 1. The molecule has 0 unspecified atom stereocenters. The van der Waals surface area contributed by atoms with Gasteiger partial charge in [-0.3, -0.25) is 9.59 Å². The summed E-state index contributed by atoms with van der Waals surface area (Å²) in [5, 5.41) is 9.36. The van der Waals surface area contributed by atoms with Crippen molar-refractivity contribution in [1.29, 1.82) is 5.26 Å². The van der Waals surface area contributed by atoms with Crippen molar-refractivity contribution in [3.8, 4) is 11.8 Å². The van der Waals surface area contributed by atoms with Crippen LogP contribution in [0.4, 0.5) is 8.78 Å². The van der Waals surface area contributed by atoms with Crippen molar-refractivity contribution in [2.45, 2.75) is 27.4 Å². The average molecular weight is 358 g/mol. The maximum absolute atomic E-state index is 12.7. The minimum Gasteiger partial charge on any atom is -0.434 e. The third kappa shape index (κ3) is 3.86. The first kappa shape index (κ1) is 19.1. The second kappa shape index (κ2) is 7.74. The van der Waals surface area contributed by atoms with Gasteiger partial charge >= 0.3 is 6.61 Å². The number of ketones is 2. The maximum atomic E-state index is 12.7. The fourth-order valence-electron chi connectivity index (χ4n) is 2.75. The zero-order chi connectivity index (χ0) is 19.4. The number of alkyl halides is 2. The molecule has 0 saturated carbocycles. The maximum Gasteiger partial charge on any atom is 0.387 e. The van der Waals surface area contributed by atoms with Gasteiger partial charge in [0.2, 0.25) is 5.78 Å². The molecule has 0 amide bonds. The summed E-state index contributed by atoms with van der Waals surface area (Å²) in [5.74, 6) is -0.979. The van der Waals surface area contributed by atoms with Crippen molar-refractivity contribution < 1.29 is 23.1 Å². The molecule has 0 atom stereocenters. The molecule has 1 N–H and O–H groups in total. The lowest BCUT2D eigenvalue weighted by Crippen LogP contribution is -2.06. The normalized spacial score (nSPS) is 11.3. The number of carbonyl (C=O) groups excluding carboxylic acids is 2. The number of rotatable bonds is 6. The standard InChI is InChI=1S/C19H16F2N2O3/c1-10-16(12(3)24)11(2)23-17(10)18(25)14(9-22)8-13-6-4-5-7-15(13)26-19(20)21/h4-8,19,23H,1-3H3. The van der Waals surface area contributed by atoms with Gasteiger partial charge in [0, 0.05) is 16.8 Å². The molecule has 0 saturated heterocycles. The molecular formula is C19H16F2N2O3. The number of nitrogens with zero attached hydrogens (tertiary/aromatic N) is 1. The fraction of sp³-hybridized carbons (Fsp3) is 0.211. The number of carbonyl (C=O) groups is 2. The highest BCUT2D eigenvalue weighted by molar-refractivity contribution is 6.15. The van der Waals surface area contributed by atoms with Crippen LogP contribution in [0.15, 0.2) is 29.8 Å². The van der Waals surface area contributed by atoms with Gasteiger partial charge in [0.25, 0.3) is 0 Å². The van der Waals surface area contributed by atoms with Crippen molar-refractivity contribution in [3.05, 3.63) is 57.9 Å². The van der Waals surface area contributed by atoms with Crippen molar-refractivity contribution in [3.63, 3.8) is 0 Å². The van der Waals surface area contributed by atoms with Gasteiger partial charge in [-0.2, -0.15) is 14.0 Å². The molecule has 0 bridgehead atoms. The number of Topliss-reactive ketones (excluding diaryl/α,β-unsaturated/α-hetero) is 2. The summed E-state index contributed by atoms with van der Waals surface area (Å²) >= 11 is 0. The lowest BCUT2D eigenvalue weighted by atomic mass is 10.0. The third-order valence-corrected chi connectivity index (χ3v) is 3.82. The largest absolute Gasteiger partial charge is 0.434 e. The Morgan fingerprint density at radius 2 is 1.92 bits per heavy atom. The van der Waals surface area contributed by atoms with Gasteiger partial charge in [-0.15, -0.1) is 0 Å². The molecule has 1 aromatic carbocycles. The number of ether oxygens (including phenoxy) is 1. The molecule has 0 fully saturated rings. The number of hydrogen-bond acceptors (Lipinski definition) is 4. The van der Waals surface area contributed by atoms with E-state index in [1.54, 1.807) is 26.0 Å². The lowest BCUT2D eigenvalue weighted by Gasteiger charge is -2.08. The van der Waals surface area contributed by atoms with E-state index in [1.165, 1.54) is 31.2 Å². The van der Waals surface area contributed by atoms with E-state index in [0.29, 0.717) is 16.8 Å². The Morgan fingerprint density at radius 3 is 2.46 bits per heavy atom. The minimum absolute atomic E-state index is 0.118. The summed E-state index contributed by atoms with van der Waals surface area (Å²) in [7, 11) is 0. The Morgan fingerprint density at radius 1 is 1.27 bits per heavy atom. The Bertz CT molecular complexity index is 937. The highest BCUT2D eigenvalue weighted by Crippen LogP contribution is 2.25. The van der Waals surface area contributed by atoms with E-state index in [1.807, 2.05) is 0 Å². The first-order valence-electron chi connectivity index (χ1n) is 7.66. The van der Waals surface area contributed by atoms with Crippen LogP contribution in [0, 0.1) is 25.2 Å². The SMILES string of the molecule is CC(=O)c1c(C)[nH]c(C(=O)C(C#N)=Cc2ccccc2OC(F)F)c1C. The molecule has 1 heterocycles. The molecule has 0 spiro atoms. The van der Waals surface area contributed by atoms with Crippen molar-refractivity contribution >= 4 is 17.6 Å². The van der Waals surface area contributed by atoms with Crippen LogP contribution >= 0.6 is 0 Å². The van der Waals surface area contributed by atoms with Crippen molar-refractivity contribution in [2.24, 2.45) is 0 Å². The van der Waals surface area contributed by atoms with Crippen LogP contribution in [0.1, 0.15) is 44.6 Å². The molecule has 5 nitrogen and oxygen atoms in total. The zero-order valence-electron chi connectivity index (χ0n) is 14.4. The molecule has 0 radical (unpaired) electrons. The quantitative estimate of drug-likeness (QED) is 0.476. The number of aromatic amines is 1. The Labute approximate surface area is 148 Å². The molecule has 7 heteroatoms. The number of hydrogen-bond donors (Lipinski definition) is 1. The third-order valence-electron chi connectivity index (χ3n) is 3.82. The van der Waals surface area contributed by atoms with Crippen LogP contribution < -0.4 is 4.74 Å². The molecule has 26 heavy (non-hydrogen) atoms. The number of benzene rings is 1. The summed E-state index contributed by atoms with van der Waals surface area (Å²) in [6, 6.07) is 7.62. The molecule has 2 rings (SSSR count). The van der Waals surface area contributed by atoms with Crippen LogP contribution in [-0.4, -0.2) is 23.2 Å². The van der Waals surface area contributed by atoms with Crippen LogP contribution in [0.3, 0.4) is 0 Å². The number of aryl methyl sites for hydroxylation is 1. The number of aromatic nitrogens is 1. The number of allylic oxidation sites excluding steroid dienone is 1. The van der Waals surface area contributed by atoms with Crippen molar-refractivity contribution in [1.82, 2.24) is 4.98 Å². The molecule has 0 aliphatic carbocycles. The van der Waals surface area contributed by atoms with E-state index < -0.39 is 12.4 Å². The predicted octanol–water partition coefficient (Wildman–Crippen LogP) is 4.23. The zero-order valence-corrected chi connectivity index (χ0v) is 14.4. The first-order valence-corrected chi connectivity index (χ1v) is 7.66. The summed E-state index contributed by atoms with van der Waals surface area (Å²) < 4.78 is 29.4. The molecular weight excluding hydrogens is 342 g/mol. The molecule has 2 aromatic rings. The average Bonchev–Trinajstić information content (AvgIpc) is 2.87. The topological polar surface area (TPSA) is 83.0 Å². The highest BCUT2D eigenvalue weighted by atomic mass is 19.3.